The van der Waals surface area contributed by atoms with Crippen molar-refractivity contribution in [3.8, 4) is 0 Å². The van der Waals surface area contributed by atoms with E-state index < -0.39 is 0 Å². The highest BCUT2D eigenvalue weighted by molar-refractivity contribution is 5.78. The first kappa shape index (κ1) is 12.5. The summed E-state index contributed by atoms with van der Waals surface area (Å²) in [7, 11) is 0. The van der Waals surface area contributed by atoms with Crippen molar-refractivity contribution in [2.75, 3.05) is 6.54 Å². The SMILES string of the molecule is CCCCCCC(C)(C)C1CNC(=O)C1. The molecule has 1 unspecified atom stereocenters. The zero-order valence-electron chi connectivity index (χ0n) is 10.4. The molecule has 0 saturated carbocycles. The zero-order chi connectivity index (χ0) is 11.3. The topological polar surface area (TPSA) is 29.1 Å². The second kappa shape index (κ2) is 5.53. The average molecular weight is 211 g/mol. The first-order chi connectivity index (χ1) is 7.06. The van der Waals surface area contributed by atoms with Gasteiger partial charge in [-0.2, -0.15) is 0 Å². The summed E-state index contributed by atoms with van der Waals surface area (Å²) < 4.78 is 0. The molecule has 1 aliphatic rings. The van der Waals surface area contributed by atoms with Crippen LogP contribution in [0.4, 0.5) is 0 Å². The summed E-state index contributed by atoms with van der Waals surface area (Å²) in [5.41, 5.74) is 0.326. The molecule has 1 fully saturated rings. The predicted molar refractivity (Wildman–Crippen MR) is 63.7 cm³/mol. The lowest BCUT2D eigenvalue weighted by Crippen LogP contribution is -2.26. The number of unbranched alkanes of at least 4 members (excludes halogenated alkanes) is 3. The third-order valence-electron chi connectivity index (χ3n) is 3.76. The van der Waals surface area contributed by atoms with Crippen molar-refractivity contribution in [2.24, 2.45) is 11.3 Å². The molecule has 0 aromatic carbocycles. The van der Waals surface area contributed by atoms with Crippen LogP contribution in [0.1, 0.15) is 59.3 Å². The normalized spacial score (nSPS) is 21.8. The van der Waals surface area contributed by atoms with E-state index in [4.69, 9.17) is 0 Å². The van der Waals surface area contributed by atoms with E-state index in [1.807, 2.05) is 0 Å². The van der Waals surface area contributed by atoms with Crippen LogP contribution in [0.15, 0.2) is 0 Å². The van der Waals surface area contributed by atoms with Crippen LogP contribution in [0.2, 0.25) is 0 Å². The lowest BCUT2D eigenvalue weighted by molar-refractivity contribution is -0.119. The molecule has 1 heterocycles. The van der Waals surface area contributed by atoms with Crippen molar-refractivity contribution in [3.05, 3.63) is 0 Å². The van der Waals surface area contributed by atoms with Crippen LogP contribution in [-0.4, -0.2) is 12.5 Å². The molecule has 0 bridgehead atoms. The molecule has 88 valence electrons. The lowest BCUT2D eigenvalue weighted by Gasteiger charge is -2.30. The Morgan fingerprint density at radius 1 is 1.33 bits per heavy atom. The van der Waals surface area contributed by atoms with Crippen LogP contribution >= 0.6 is 0 Å². The fourth-order valence-corrected chi connectivity index (χ4v) is 2.37. The Balaban J connectivity index is 2.28. The molecule has 0 spiro atoms. The van der Waals surface area contributed by atoms with Gasteiger partial charge >= 0.3 is 0 Å². The molecule has 15 heavy (non-hydrogen) atoms. The Labute approximate surface area is 93.8 Å². The van der Waals surface area contributed by atoms with Gasteiger partial charge in [0.2, 0.25) is 5.91 Å². The molecule has 0 aliphatic carbocycles. The first-order valence-corrected chi connectivity index (χ1v) is 6.33. The number of nitrogens with one attached hydrogen (secondary N) is 1. The minimum Gasteiger partial charge on any atom is -0.356 e. The van der Waals surface area contributed by atoms with Crippen molar-refractivity contribution in [1.82, 2.24) is 5.32 Å². The molecule has 1 aliphatic heterocycles. The summed E-state index contributed by atoms with van der Waals surface area (Å²) in [4.78, 5) is 11.2. The van der Waals surface area contributed by atoms with Gasteiger partial charge in [0.15, 0.2) is 0 Å². The van der Waals surface area contributed by atoms with E-state index in [-0.39, 0.29) is 5.91 Å². The fourth-order valence-electron chi connectivity index (χ4n) is 2.37. The number of amides is 1. The number of hydrogen-bond donors (Lipinski definition) is 1. The molecule has 0 aromatic rings. The summed E-state index contributed by atoms with van der Waals surface area (Å²) in [5, 5.41) is 2.94. The third-order valence-corrected chi connectivity index (χ3v) is 3.76. The molecule has 1 atom stereocenters. The molecular weight excluding hydrogens is 186 g/mol. The Hall–Kier alpha value is -0.530. The van der Waals surface area contributed by atoms with Crippen molar-refractivity contribution in [2.45, 2.75) is 59.3 Å². The van der Waals surface area contributed by atoms with Gasteiger partial charge in [0.05, 0.1) is 0 Å². The third kappa shape index (κ3) is 3.84. The number of carbonyl (C=O) groups excluding carboxylic acids is 1. The molecular formula is C13H25NO. The highest BCUT2D eigenvalue weighted by Crippen LogP contribution is 2.36. The van der Waals surface area contributed by atoms with Gasteiger partial charge in [0, 0.05) is 13.0 Å². The monoisotopic (exact) mass is 211 g/mol. The van der Waals surface area contributed by atoms with Crippen LogP contribution < -0.4 is 5.32 Å². The van der Waals surface area contributed by atoms with E-state index in [0.717, 1.165) is 13.0 Å². The van der Waals surface area contributed by atoms with Gasteiger partial charge in [-0.25, -0.2) is 0 Å². The molecule has 2 nitrogen and oxygen atoms in total. The Bertz CT molecular complexity index is 211. The van der Waals surface area contributed by atoms with Crippen LogP contribution in [0.3, 0.4) is 0 Å². The number of rotatable bonds is 6. The van der Waals surface area contributed by atoms with Crippen molar-refractivity contribution >= 4 is 5.91 Å². The van der Waals surface area contributed by atoms with E-state index in [2.05, 4.69) is 26.1 Å². The fraction of sp³-hybridized carbons (Fsp3) is 0.923. The second-order valence-electron chi connectivity index (χ2n) is 5.50. The summed E-state index contributed by atoms with van der Waals surface area (Å²) in [6.45, 7) is 7.75. The Morgan fingerprint density at radius 2 is 2.07 bits per heavy atom. The Kier molecular flexibility index (Phi) is 4.62. The predicted octanol–water partition coefficient (Wildman–Crippen LogP) is 3.12. The second-order valence-corrected chi connectivity index (χ2v) is 5.50. The number of carbonyl (C=O) groups is 1. The highest BCUT2D eigenvalue weighted by Gasteiger charge is 2.34. The molecule has 0 radical (unpaired) electrons. The molecule has 2 heteroatoms. The van der Waals surface area contributed by atoms with Gasteiger partial charge < -0.3 is 5.32 Å². The van der Waals surface area contributed by atoms with Crippen LogP contribution in [-0.2, 0) is 4.79 Å². The number of hydrogen-bond acceptors (Lipinski definition) is 1. The smallest absolute Gasteiger partial charge is 0.220 e. The molecule has 1 N–H and O–H groups in total. The van der Waals surface area contributed by atoms with E-state index >= 15 is 0 Å². The standard InChI is InChI=1S/C13H25NO/c1-4-5-6-7-8-13(2,3)11-9-12(15)14-10-11/h11H,4-10H2,1-3H3,(H,14,15). The first-order valence-electron chi connectivity index (χ1n) is 6.33. The van der Waals surface area contributed by atoms with Crippen molar-refractivity contribution in [3.63, 3.8) is 0 Å². The minimum absolute atomic E-state index is 0.238. The van der Waals surface area contributed by atoms with Gasteiger partial charge in [-0.3, -0.25) is 4.79 Å². The summed E-state index contributed by atoms with van der Waals surface area (Å²) >= 11 is 0. The largest absolute Gasteiger partial charge is 0.356 e. The molecule has 1 amide bonds. The highest BCUT2D eigenvalue weighted by atomic mass is 16.1. The summed E-state index contributed by atoms with van der Waals surface area (Å²) in [6, 6.07) is 0. The van der Waals surface area contributed by atoms with Gasteiger partial charge in [-0.15, -0.1) is 0 Å². The minimum atomic E-state index is 0.238. The van der Waals surface area contributed by atoms with E-state index in [1.54, 1.807) is 0 Å². The zero-order valence-corrected chi connectivity index (χ0v) is 10.4. The average Bonchev–Trinajstić information content (AvgIpc) is 2.60. The quantitative estimate of drug-likeness (QED) is 0.672. The summed E-state index contributed by atoms with van der Waals surface area (Å²) in [5.74, 6) is 0.785. The van der Waals surface area contributed by atoms with Crippen LogP contribution in [0, 0.1) is 11.3 Å². The van der Waals surface area contributed by atoms with Crippen LogP contribution in [0.5, 0.6) is 0 Å². The van der Waals surface area contributed by atoms with Crippen LogP contribution in [0.25, 0.3) is 0 Å². The van der Waals surface area contributed by atoms with Gasteiger partial charge in [0.25, 0.3) is 0 Å². The van der Waals surface area contributed by atoms with Gasteiger partial charge in [0.1, 0.15) is 0 Å². The molecule has 0 aromatic heterocycles. The maximum atomic E-state index is 11.2. The van der Waals surface area contributed by atoms with E-state index in [0.29, 0.717) is 11.3 Å². The molecule has 1 rings (SSSR count). The van der Waals surface area contributed by atoms with Crippen molar-refractivity contribution in [1.29, 1.82) is 0 Å². The van der Waals surface area contributed by atoms with Gasteiger partial charge in [-0.05, 0) is 17.8 Å². The van der Waals surface area contributed by atoms with Crippen molar-refractivity contribution < 1.29 is 4.79 Å². The Morgan fingerprint density at radius 3 is 2.60 bits per heavy atom. The van der Waals surface area contributed by atoms with E-state index in [1.165, 1.54) is 32.1 Å². The van der Waals surface area contributed by atoms with Gasteiger partial charge in [-0.1, -0.05) is 46.5 Å². The lowest BCUT2D eigenvalue weighted by atomic mass is 9.74. The maximum absolute atomic E-state index is 11.2. The maximum Gasteiger partial charge on any atom is 0.220 e. The molecule has 1 saturated heterocycles. The summed E-state index contributed by atoms with van der Waals surface area (Å²) in [6.07, 6.45) is 7.29. The van der Waals surface area contributed by atoms with E-state index in [9.17, 15) is 4.79 Å².